The zero-order chi connectivity index (χ0) is 12.4. The van der Waals surface area contributed by atoms with E-state index < -0.39 is 11.0 Å². The van der Waals surface area contributed by atoms with Crippen molar-refractivity contribution in [3.8, 4) is 11.8 Å². The van der Waals surface area contributed by atoms with Crippen molar-refractivity contribution >= 4 is 11.5 Å². The number of ketones is 1. The summed E-state index contributed by atoms with van der Waals surface area (Å²) in [5.41, 5.74) is 0.0767. The average Bonchev–Trinajstić information content (AvgIpc) is 2.29. The highest BCUT2D eigenvalue weighted by Gasteiger charge is 2.27. The lowest BCUT2D eigenvalue weighted by atomic mass is 9.99. The molecule has 0 bridgehead atoms. The fraction of sp³-hybridized carbons (Fsp3) is 0.273. The van der Waals surface area contributed by atoms with E-state index in [1.54, 1.807) is 0 Å². The van der Waals surface area contributed by atoms with Crippen LogP contribution in [0.1, 0.15) is 23.2 Å². The molecule has 86 valence electrons. The van der Waals surface area contributed by atoms with Crippen LogP contribution in [0.4, 0.5) is 5.69 Å². The molecule has 1 aliphatic rings. The quantitative estimate of drug-likeness (QED) is 0.572. The maximum Gasteiger partial charge on any atom is 0.270 e. The molecule has 0 unspecified atom stereocenters. The van der Waals surface area contributed by atoms with Gasteiger partial charge in [0.2, 0.25) is 0 Å². The van der Waals surface area contributed by atoms with Crippen LogP contribution in [-0.4, -0.2) is 16.8 Å². The number of carbonyl (C=O) groups is 1. The summed E-state index contributed by atoms with van der Waals surface area (Å²) in [6.07, 6.45) is -0.245. The van der Waals surface area contributed by atoms with E-state index in [-0.39, 0.29) is 29.9 Å². The van der Waals surface area contributed by atoms with Crippen LogP contribution in [0.3, 0.4) is 0 Å². The summed E-state index contributed by atoms with van der Waals surface area (Å²) in [6.45, 7) is 0. The van der Waals surface area contributed by atoms with Gasteiger partial charge in [0, 0.05) is 18.6 Å². The minimum atomic E-state index is -0.561. The molecule has 6 nitrogen and oxygen atoms in total. The molecule has 1 aromatic carbocycles. The summed E-state index contributed by atoms with van der Waals surface area (Å²) >= 11 is 0. The number of hydrogen-bond acceptors (Lipinski definition) is 5. The number of non-ortho nitro benzene ring substituents is 1. The number of benzene rings is 1. The number of ether oxygens (including phenoxy) is 1. The summed E-state index contributed by atoms with van der Waals surface area (Å²) in [5, 5.41) is 19.1. The lowest BCUT2D eigenvalue weighted by Gasteiger charge is -2.22. The van der Waals surface area contributed by atoms with E-state index in [0.717, 1.165) is 0 Å². The maximum atomic E-state index is 11.7. The molecule has 6 heteroatoms. The van der Waals surface area contributed by atoms with Gasteiger partial charge in [0.05, 0.1) is 23.0 Å². The third kappa shape index (κ3) is 2.08. The van der Waals surface area contributed by atoms with Crippen molar-refractivity contribution < 1.29 is 14.5 Å². The summed E-state index contributed by atoms with van der Waals surface area (Å²) in [5.74, 6) is 0.0855. The average molecular weight is 232 g/mol. The Bertz CT molecular complexity index is 533. The first-order valence-electron chi connectivity index (χ1n) is 4.97. The highest BCUT2D eigenvalue weighted by atomic mass is 16.6. The Balaban J connectivity index is 2.36. The smallest absolute Gasteiger partial charge is 0.270 e. The minimum absolute atomic E-state index is 0.0850. The van der Waals surface area contributed by atoms with Crippen LogP contribution in [0.2, 0.25) is 0 Å². The Morgan fingerprint density at radius 2 is 2.35 bits per heavy atom. The van der Waals surface area contributed by atoms with Gasteiger partial charge in [-0.1, -0.05) is 0 Å². The standard InChI is InChI=1S/C11H8N2O4/c12-4-3-8-6-10(14)9-5-7(13(15)16)1-2-11(9)17-8/h1-2,5,8H,3,6H2/t8-/m1/s1. The molecule has 0 fully saturated rings. The molecule has 1 aromatic rings. The molecule has 0 N–H and O–H groups in total. The molecule has 0 spiro atoms. The molecule has 1 heterocycles. The second-order valence-electron chi connectivity index (χ2n) is 3.67. The van der Waals surface area contributed by atoms with E-state index in [1.165, 1.54) is 18.2 Å². The number of nitro benzene ring substituents is 1. The summed E-state index contributed by atoms with van der Waals surface area (Å²) in [4.78, 5) is 21.7. The van der Waals surface area contributed by atoms with Gasteiger partial charge in [-0.3, -0.25) is 14.9 Å². The Hall–Kier alpha value is -2.42. The lowest BCUT2D eigenvalue weighted by Crippen LogP contribution is -2.26. The molecule has 0 radical (unpaired) electrons. The number of nitro groups is 1. The normalized spacial score (nSPS) is 17.8. The van der Waals surface area contributed by atoms with Crippen LogP contribution >= 0.6 is 0 Å². The fourth-order valence-electron chi connectivity index (χ4n) is 1.71. The van der Waals surface area contributed by atoms with E-state index in [0.29, 0.717) is 5.75 Å². The van der Waals surface area contributed by atoms with Crippen molar-refractivity contribution in [1.29, 1.82) is 5.26 Å². The predicted octanol–water partition coefficient (Wildman–Crippen LogP) is 1.84. The van der Waals surface area contributed by atoms with Crippen LogP contribution in [0.25, 0.3) is 0 Å². The van der Waals surface area contributed by atoms with Gasteiger partial charge in [-0.05, 0) is 6.07 Å². The van der Waals surface area contributed by atoms with Gasteiger partial charge in [0.25, 0.3) is 5.69 Å². The minimum Gasteiger partial charge on any atom is -0.488 e. The van der Waals surface area contributed by atoms with E-state index in [9.17, 15) is 14.9 Å². The monoisotopic (exact) mass is 232 g/mol. The Kier molecular flexibility index (Phi) is 2.75. The first-order valence-corrected chi connectivity index (χ1v) is 4.97. The number of Topliss-reactive ketones (excluding diaryl/α,β-unsaturated/α-hetero) is 1. The third-order valence-corrected chi connectivity index (χ3v) is 2.50. The van der Waals surface area contributed by atoms with Crippen molar-refractivity contribution in [3.63, 3.8) is 0 Å². The van der Waals surface area contributed by atoms with Gasteiger partial charge in [-0.15, -0.1) is 0 Å². The second-order valence-corrected chi connectivity index (χ2v) is 3.67. The molecule has 1 atom stereocenters. The van der Waals surface area contributed by atoms with Gasteiger partial charge >= 0.3 is 0 Å². The number of rotatable bonds is 2. The fourth-order valence-corrected chi connectivity index (χ4v) is 1.71. The van der Waals surface area contributed by atoms with Gasteiger partial charge in [0.15, 0.2) is 5.78 Å². The molecule has 0 amide bonds. The molecule has 0 aliphatic carbocycles. The Morgan fingerprint density at radius 1 is 1.59 bits per heavy atom. The molecular weight excluding hydrogens is 224 g/mol. The van der Waals surface area contributed by atoms with Crippen LogP contribution in [0, 0.1) is 21.4 Å². The van der Waals surface area contributed by atoms with Crippen molar-refractivity contribution in [2.75, 3.05) is 0 Å². The number of carbonyl (C=O) groups excluding carboxylic acids is 1. The molecule has 0 saturated heterocycles. The predicted molar refractivity (Wildman–Crippen MR) is 56.7 cm³/mol. The van der Waals surface area contributed by atoms with E-state index in [4.69, 9.17) is 10.00 Å². The van der Waals surface area contributed by atoms with Crippen molar-refractivity contribution in [1.82, 2.24) is 0 Å². The van der Waals surface area contributed by atoms with Gasteiger partial charge in [0.1, 0.15) is 11.9 Å². The van der Waals surface area contributed by atoms with Gasteiger partial charge in [-0.2, -0.15) is 5.26 Å². The second kappa shape index (κ2) is 4.22. The number of nitrogens with zero attached hydrogens (tertiary/aromatic N) is 2. The zero-order valence-corrected chi connectivity index (χ0v) is 8.75. The van der Waals surface area contributed by atoms with Gasteiger partial charge < -0.3 is 4.74 Å². The Labute approximate surface area is 96.6 Å². The van der Waals surface area contributed by atoms with Crippen molar-refractivity contribution in [3.05, 3.63) is 33.9 Å². The van der Waals surface area contributed by atoms with Crippen molar-refractivity contribution in [2.45, 2.75) is 18.9 Å². The molecule has 0 saturated carbocycles. The van der Waals surface area contributed by atoms with Crippen molar-refractivity contribution in [2.24, 2.45) is 0 Å². The molecule has 1 aliphatic heterocycles. The summed E-state index contributed by atoms with van der Waals surface area (Å²) in [7, 11) is 0. The van der Waals surface area contributed by atoms with Crippen LogP contribution in [0.15, 0.2) is 18.2 Å². The van der Waals surface area contributed by atoms with Gasteiger partial charge in [-0.25, -0.2) is 0 Å². The number of nitriles is 1. The summed E-state index contributed by atoms with van der Waals surface area (Å²) < 4.78 is 5.41. The highest BCUT2D eigenvalue weighted by Crippen LogP contribution is 2.31. The SMILES string of the molecule is N#CC[C@@H]1CC(=O)c2cc([N+](=O)[O-])ccc2O1. The van der Waals surface area contributed by atoms with E-state index in [2.05, 4.69) is 0 Å². The maximum absolute atomic E-state index is 11.7. The number of hydrogen-bond donors (Lipinski definition) is 0. The zero-order valence-electron chi connectivity index (χ0n) is 8.75. The van der Waals surface area contributed by atoms with Crippen LogP contribution in [-0.2, 0) is 0 Å². The first-order chi connectivity index (χ1) is 8.11. The van der Waals surface area contributed by atoms with E-state index >= 15 is 0 Å². The van der Waals surface area contributed by atoms with Crippen LogP contribution < -0.4 is 4.74 Å². The molecule has 2 rings (SSSR count). The lowest BCUT2D eigenvalue weighted by molar-refractivity contribution is -0.384. The first kappa shape index (κ1) is 11.1. The molecular formula is C11H8N2O4. The Morgan fingerprint density at radius 3 is 3.00 bits per heavy atom. The molecule has 17 heavy (non-hydrogen) atoms. The largest absolute Gasteiger partial charge is 0.488 e. The van der Waals surface area contributed by atoms with E-state index in [1.807, 2.05) is 6.07 Å². The highest BCUT2D eigenvalue weighted by molar-refractivity contribution is 6.00. The van der Waals surface area contributed by atoms with Crippen LogP contribution in [0.5, 0.6) is 5.75 Å². The molecule has 0 aromatic heterocycles. The summed E-state index contributed by atoms with van der Waals surface area (Å²) in [6, 6.07) is 5.82. The number of fused-ring (bicyclic) bond motifs is 1. The topological polar surface area (TPSA) is 93.2 Å². The third-order valence-electron chi connectivity index (χ3n) is 2.50.